The van der Waals surface area contributed by atoms with Crippen LogP contribution >= 0.6 is 15.9 Å². The van der Waals surface area contributed by atoms with Gasteiger partial charge in [-0.3, -0.25) is 4.79 Å². The van der Waals surface area contributed by atoms with Gasteiger partial charge >= 0.3 is 6.18 Å². The van der Waals surface area contributed by atoms with E-state index in [1.807, 2.05) is 6.92 Å². The van der Waals surface area contributed by atoms with Crippen LogP contribution < -0.4 is 5.32 Å². The number of hydrogen-bond acceptors (Lipinski definition) is 1. The monoisotopic (exact) mass is 335 g/mol. The summed E-state index contributed by atoms with van der Waals surface area (Å²) in [4.78, 5) is 12.0. The van der Waals surface area contributed by atoms with Crippen molar-refractivity contribution in [2.45, 2.75) is 37.9 Å². The van der Waals surface area contributed by atoms with E-state index < -0.39 is 17.6 Å². The molecule has 0 unspecified atom stereocenters. The van der Waals surface area contributed by atoms with Crippen molar-refractivity contribution in [3.63, 3.8) is 0 Å². The number of amides is 1. The number of carbonyl (C=O) groups excluding carboxylic acids is 1. The predicted octanol–water partition coefficient (Wildman–Crippen LogP) is 4.14. The lowest BCUT2D eigenvalue weighted by Gasteiger charge is -2.39. The van der Waals surface area contributed by atoms with E-state index in [0.29, 0.717) is 4.47 Å². The number of rotatable bonds is 2. The lowest BCUT2D eigenvalue weighted by molar-refractivity contribution is -0.138. The van der Waals surface area contributed by atoms with E-state index in [0.717, 1.165) is 25.3 Å². The second-order valence-corrected chi connectivity index (χ2v) is 5.97. The Hall–Kier alpha value is -1.04. The van der Waals surface area contributed by atoms with E-state index >= 15 is 0 Å². The SMILES string of the molecule is CC1(NC(=O)c2ccc(Br)cc2C(F)(F)F)CCC1. The molecule has 0 radical (unpaired) electrons. The maximum atomic E-state index is 12.9. The van der Waals surface area contributed by atoms with Gasteiger partial charge in [-0.1, -0.05) is 15.9 Å². The molecular weight excluding hydrogens is 323 g/mol. The summed E-state index contributed by atoms with van der Waals surface area (Å²) in [6.45, 7) is 1.85. The summed E-state index contributed by atoms with van der Waals surface area (Å²) in [7, 11) is 0. The first-order chi connectivity index (χ1) is 8.71. The van der Waals surface area contributed by atoms with Crippen LogP contribution in [-0.2, 0) is 6.18 Å². The number of hydrogen-bond donors (Lipinski definition) is 1. The molecule has 0 aromatic heterocycles. The number of halogens is 4. The van der Waals surface area contributed by atoms with Crippen LogP contribution in [0.15, 0.2) is 22.7 Å². The third kappa shape index (κ3) is 3.11. The minimum atomic E-state index is -4.54. The van der Waals surface area contributed by atoms with E-state index in [1.54, 1.807) is 0 Å². The van der Waals surface area contributed by atoms with Crippen LogP contribution in [0.1, 0.15) is 42.1 Å². The van der Waals surface area contributed by atoms with Gasteiger partial charge in [0.05, 0.1) is 11.1 Å². The summed E-state index contributed by atoms with van der Waals surface area (Å²) >= 11 is 2.99. The fraction of sp³-hybridized carbons (Fsp3) is 0.462. The van der Waals surface area contributed by atoms with Gasteiger partial charge < -0.3 is 5.32 Å². The van der Waals surface area contributed by atoms with E-state index in [-0.39, 0.29) is 11.1 Å². The topological polar surface area (TPSA) is 29.1 Å². The first-order valence-corrected chi connectivity index (χ1v) is 6.70. The fourth-order valence-electron chi connectivity index (χ4n) is 2.12. The molecule has 1 amide bonds. The van der Waals surface area contributed by atoms with Crippen LogP contribution in [0, 0.1) is 0 Å². The first kappa shape index (κ1) is 14.4. The second kappa shape index (κ2) is 4.81. The summed E-state index contributed by atoms with van der Waals surface area (Å²) in [5, 5.41) is 2.69. The van der Waals surface area contributed by atoms with Crippen molar-refractivity contribution in [3.8, 4) is 0 Å². The Morgan fingerprint density at radius 2 is 2.00 bits per heavy atom. The largest absolute Gasteiger partial charge is 0.417 e. The summed E-state index contributed by atoms with van der Waals surface area (Å²) < 4.78 is 39.0. The Bertz CT molecular complexity index is 509. The van der Waals surface area contributed by atoms with Gasteiger partial charge in [0.1, 0.15) is 0 Å². The van der Waals surface area contributed by atoms with Crippen LogP contribution in [0.4, 0.5) is 13.2 Å². The highest BCUT2D eigenvalue weighted by Gasteiger charge is 2.38. The van der Waals surface area contributed by atoms with Crippen molar-refractivity contribution in [1.82, 2.24) is 5.32 Å². The Morgan fingerprint density at radius 1 is 1.37 bits per heavy atom. The second-order valence-electron chi connectivity index (χ2n) is 5.06. The van der Waals surface area contributed by atoms with Gasteiger partial charge in [-0.05, 0) is 44.4 Å². The Morgan fingerprint density at radius 3 is 2.47 bits per heavy atom. The van der Waals surface area contributed by atoms with Crippen LogP contribution in [0.3, 0.4) is 0 Å². The molecule has 6 heteroatoms. The predicted molar refractivity (Wildman–Crippen MR) is 68.9 cm³/mol. The highest BCUT2D eigenvalue weighted by Crippen LogP contribution is 2.35. The molecule has 2 nitrogen and oxygen atoms in total. The minimum absolute atomic E-state index is 0.297. The van der Waals surface area contributed by atoms with Gasteiger partial charge in [0.15, 0.2) is 0 Å². The molecule has 1 N–H and O–H groups in total. The van der Waals surface area contributed by atoms with Gasteiger partial charge in [-0.2, -0.15) is 13.2 Å². The van der Waals surface area contributed by atoms with E-state index in [9.17, 15) is 18.0 Å². The molecule has 2 rings (SSSR count). The molecule has 19 heavy (non-hydrogen) atoms. The Labute approximate surface area is 117 Å². The van der Waals surface area contributed by atoms with Crippen LogP contribution in [-0.4, -0.2) is 11.4 Å². The molecule has 1 aromatic carbocycles. The molecule has 1 aliphatic carbocycles. The summed E-state index contributed by atoms with van der Waals surface area (Å²) in [5.41, 5.74) is -1.61. The Balaban J connectivity index is 2.31. The van der Waals surface area contributed by atoms with Gasteiger partial charge in [0, 0.05) is 10.0 Å². The number of nitrogens with one attached hydrogen (secondary N) is 1. The zero-order valence-electron chi connectivity index (χ0n) is 10.3. The van der Waals surface area contributed by atoms with Gasteiger partial charge in [-0.15, -0.1) is 0 Å². The minimum Gasteiger partial charge on any atom is -0.347 e. The lowest BCUT2D eigenvalue weighted by atomic mass is 9.78. The molecule has 0 aliphatic heterocycles. The fourth-order valence-corrected chi connectivity index (χ4v) is 2.48. The summed E-state index contributed by atoms with van der Waals surface area (Å²) in [6, 6.07) is 3.57. The van der Waals surface area contributed by atoms with Crippen molar-refractivity contribution in [2.24, 2.45) is 0 Å². The average Bonchev–Trinajstić information content (AvgIpc) is 2.25. The van der Waals surface area contributed by atoms with Gasteiger partial charge in [0.2, 0.25) is 0 Å². The summed E-state index contributed by atoms with van der Waals surface area (Å²) in [6.07, 6.45) is -1.95. The van der Waals surface area contributed by atoms with Gasteiger partial charge in [-0.25, -0.2) is 0 Å². The number of benzene rings is 1. The number of alkyl halides is 3. The summed E-state index contributed by atoms with van der Waals surface area (Å²) in [5.74, 6) is -0.665. The highest BCUT2D eigenvalue weighted by atomic mass is 79.9. The molecule has 1 fully saturated rings. The maximum Gasteiger partial charge on any atom is 0.417 e. The van der Waals surface area contributed by atoms with Crippen molar-refractivity contribution < 1.29 is 18.0 Å². The molecule has 0 spiro atoms. The molecule has 1 aromatic rings. The van der Waals surface area contributed by atoms with E-state index in [2.05, 4.69) is 21.2 Å². The van der Waals surface area contributed by atoms with Crippen molar-refractivity contribution >= 4 is 21.8 Å². The van der Waals surface area contributed by atoms with Crippen LogP contribution in [0.2, 0.25) is 0 Å². The molecule has 0 atom stereocenters. The van der Waals surface area contributed by atoms with Crippen molar-refractivity contribution in [2.75, 3.05) is 0 Å². The lowest BCUT2D eigenvalue weighted by Crippen LogP contribution is -2.51. The molecular formula is C13H13BrF3NO. The van der Waals surface area contributed by atoms with E-state index in [4.69, 9.17) is 0 Å². The average molecular weight is 336 g/mol. The zero-order chi connectivity index (χ0) is 14.3. The molecule has 104 valence electrons. The maximum absolute atomic E-state index is 12.9. The number of carbonyl (C=O) groups is 1. The third-order valence-corrected chi connectivity index (χ3v) is 3.90. The molecule has 0 heterocycles. The molecule has 1 saturated carbocycles. The van der Waals surface area contributed by atoms with Crippen molar-refractivity contribution in [1.29, 1.82) is 0 Å². The zero-order valence-corrected chi connectivity index (χ0v) is 11.9. The molecule has 0 bridgehead atoms. The van der Waals surface area contributed by atoms with Crippen LogP contribution in [0.25, 0.3) is 0 Å². The smallest absolute Gasteiger partial charge is 0.347 e. The Kier molecular flexibility index (Phi) is 3.64. The first-order valence-electron chi connectivity index (χ1n) is 5.91. The van der Waals surface area contributed by atoms with Crippen molar-refractivity contribution in [3.05, 3.63) is 33.8 Å². The van der Waals surface area contributed by atoms with Gasteiger partial charge in [0.25, 0.3) is 5.91 Å². The third-order valence-electron chi connectivity index (χ3n) is 3.40. The normalized spacial score (nSPS) is 17.7. The molecule has 1 aliphatic rings. The standard InChI is InChI=1S/C13H13BrF3NO/c1-12(5-2-6-12)18-11(19)9-4-3-8(14)7-10(9)13(15,16)17/h3-4,7H,2,5-6H2,1H3,(H,18,19). The molecule has 0 saturated heterocycles. The quantitative estimate of drug-likeness (QED) is 0.864. The highest BCUT2D eigenvalue weighted by molar-refractivity contribution is 9.10. The van der Waals surface area contributed by atoms with Crippen LogP contribution in [0.5, 0.6) is 0 Å². The van der Waals surface area contributed by atoms with E-state index in [1.165, 1.54) is 12.1 Å².